The zero-order valence-electron chi connectivity index (χ0n) is 12.3. The normalized spacial score (nSPS) is 24.5. The van der Waals surface area contributed by atoms with Crippen LogP contribution in [-0.4, -0.2) is 33.4 Å². The number of amides is 2. The Morgan fingerprint density at radius 1 is 1.33 bits per heavy atom. The maximum atomic E-state index is 12.5. The molecule has 0 aromatic heterocycles. The quantitative estimate of drug-likeness (QED) is 0.828. The average Bonchev–Trinajstić information content (AvgIpc) is 2.66. The molecule has 1 atom stereocenters. The molecule has 1 unspecified atom stereocenters. The molecule has 1 aromatic rings. The van der Waals surface area contributed by atoms with Crippen LogP contribution < -0.4 is 5.32 Å². The van der Waals surface area contributed by atoms with Crippen LogP contribution in [-0.2, 0) is 11.3 Å². The van der Waals surface area contributed by atoms with Crippen LogP contribution in [0.2, 0.25) is 0 Å². The lowest BCUT2D eigenvalue weighted by Gasteiger charge is -2.28. The van der Waals surface area contributed by atoms with Crippen LogP contribution in [0.15, 0.2) is 18.2 Å². The molecule has 0 aliphatic carbocycles. The third-order valence-electron chi connectivity index (χ3n) is 4.39. The Labute approximate surface area is 123 Å². The van der Waals surface area contributed by atoms with Crippen LogP contribution in [0.5, 0.6) is 5.75 Å². The second kappa shape index (κ2) is 4.76. The standard InChI is InChI=1S/C16H20N2O3/c1-16(2)8-4-6-12(14(20)17-16)18-9-11-10(15(18)21)5-3-7-13(11)19/h3,5,7,12,19H,4,6,8-9H2,1-2H3,(H,17,20). The summed E-state index contributed by atoms with van der Waals surface area (Å²) in [6, 6.07) is 4.49. The first-order valence-electron chi connectivity index (χ1n) is 7.33. The van der Waals surface area contributed by atoms with E-state index in [0.29, 0.717) is 24.1 Å². The van der Waals surface area contributed by atoms with Crippen LogP contribution in [0.3, 0.4) is 0 Å². The zero-order valence-corrected chi connectivity index (χ0v) is 12.3. The minimum absolute atomic E-state index is 0.0989. The van der Waals surface area contributed by atoms with Crippen molar-refractivity contribution in [2.24, 2.45) is 0 Å². The lowest BCUT2D eigenvalue weighted by Crippen LogP contribution is -2.51. The van der Waals surface area contributed by atoms with Gasteiger partial charge in [0.15, 0.2) is 0 Å². The lowest BCUT2D eigenvalue weighted by molar-refractivity contribution is -0.126. The van der Waals surface area contributed by atoms with E-state index in [1.807, 2.05) is 13.8 Å². The van der Waals surface area contributed by atoms with E-state index in [1.54, 1.807) is 23.1 Å². The molecule has 3 rings (SSSR count). The summed E-state index contributed by atoms with van der Waals surface area (Å²) in [5.41, 5.74) is 0.897. The first-order chi connectivity index (χ1) is 9.89. The van der Waals surface area contributed by atoms with E-state index in [1.165, 1.54) is 0 Å². The predicted octanol–water partition coefficient (Wildman–Crippen LogP) is 1.80. The first kappa shape index (κ1) is 13.9. The van der Waals surface area contributed by atoms with Gasteiger partial charge in [0.05, 0.1) is 6.54 Å². The number of rotatable bonds is 1. The van der Waals surface area contributed by atoms with E-state index in [9.17, 15) is 14.7 Å². The fraction of sp³-hybridized carbons (Fsp3) is 0.500. The second-order valence-electron chi connectivity index (χ2n) is 6.52. The van der Waals surface area contributed by atoms with E-state index in [0.717, 1.165) is 12.8 Å². The Morgan fingerprint density at radius 2 is 2.10 bits per heavy atom. The average molecular weight is 288 g/mol. The van der Waals surface area contributed by atoms with Crippen LogP contribution in [0, 0.1) is 0 Å². The van der Waals surface area contributed by atoms with Crippen LogP contribution >= 0.6 is 0 Å². The van der Waals surface area contributed by atoms with Crippen molar-refractivity contribution in [2.45, 2.75) is 51.2 Å². The minimum atomic E-state index is -0.453. The molecule has 2 aliphatic rings. The number of phenolic OH excluding ortho intramolecular Hbond substituents is 1. The van der Waals surface area contributed by atoms with Gasteiger partial charge >= 0.3 is 0 Å². The summed E-state index contributed by atoms with van der Waals surface area (Å²) in [5, 5.41) is 12.9. The highest BCUT2D eigenvalue weighted by atomic mass is 16.3. The molecule has 5 nitrogen and oxygen atoms in total. The topological polar surface area (TPSA) is 69.6 Å². The number of phenols is 1. The molecule has 2 amide bonds. The molecule has 0 radical (unpaired) electrons. The highest BCUT2D eigenvalue weighted by Gasteiger charge is 2.40. The van der Waals surface area contributed by atoms with Gasteiger partial charge in [-0.3, -0.25) is 9.59 Å². The van der Waals surface area contributed by atoms with Crippen molar-refractivity contribution in [3.8, 4) is 5.75 Å². The SMILES string of the molecule is CC1(C)CCCC(N2Cc3c(O)cccc3C2=O)C(=O)N1. The number of aromatic hydroxyl groups is 1. The van der Waals surface area contributed by atoms with Crippen LogP contribution in [0.25, 0.3) is 0 Å². The van der Waals surface area contributed by atoms with Gasteiger partial charge in [-0.25, -0.2) is 0 Å². The molecule has 1 aromatic carbocycles. The largest absolute Gasteiger partial charge is 0.508 e. The Bertz CT molecular complexity index is 610. The number of fused-ring (bicyclic) bond motifs is 1. The summed E-state index contributed by atoms with van der Waals surface area (Å²) in [6.07, 6.45) is 2.45. The van der Waals surface area contributed by atoms with Crippen molar-refractivity contribution in [3.05, 3.63) is 29.3 Å². The van der Waals surface area contributed by atoms with Crippen molar-refractivity contribution < 1.29 is 14.7 Å². The number of carbonyl (C=O) groups is 2. The van der Waals surface area contributed by atoms with Gasteiger partial charge in [0.2, 0.25) is 5.91 Å². The van der Waals surface area contributed by atoms with Crippen molar-refractivity contribution in [1.29, 1.82) is 0 Å². The van der Waals surface area contributed by atoms with Crippen LogP contribution in [0.4, 0.5) is 0 Å². The molecule has 112 valence electrons. The number of nitrogens with zero attached hydrogens (tertiary/aromatic N) is 1. The predicted molar refractivity (Wildman–Crippen MR) is 77.8 cm³/mol. The lowest BCUT2D eigenvalue weighted by atomic mass is 9.99. The van der Waals surface area contributed by atoms with Gasteiger partial charge in [-0.1, -0.05) is 6.07 Å². The van der Waals surface area contributed by atoms with Crippen LogP contribution in [0.1, 0.15) is 49.0 Å². The van der Waals surface area contributed by atoms with Gasteiger partial charge in [-0.15, -0.1) is 0 Å². The second-order valence-corrected chi connectivity index (χ2v) is 6.52. The van der Waals surface area contributed by atoms with Crippen molar-refractivity contribution in [2.75, 3.05) is 0 Å². The molecule has 5 heteroatoms. The third-order valence-corrected chi connectivity index (χ3v) is 4.39. The third kappa shape index (κ3) is 2.37. The van der Waals surface area contributed by atoms with Gasteiger partial charge in [0.1, 0.15) is 11.8 Å². The molecule has 0 spiro atoms. The molecule has 1 saturated heterocycles. The summed E-state index contributed by atoms with van der Waals surface area (Å²) in [5.74, 6) is -0.142. The van der Waals surface area contributed by atoms with E-state index < -0.39 is 6.04 Å². The maximum Gasteiger partial charge on any atom is 0.255 e. The fourth-order valence-corrected chi connectivity index (χ4v) is 3.23. The monoisotopic (exact) mass is 288 g/mol. The molecule has 2 N–H and O–H groups in total. The molecular weight excluding hydrogens is 268 g/mol. The summed E-state index contributed by atoms with van der Waals surface area (Å²) >= 11 is 0. The molecule has 0 saturated carbocycles. The summed E-state index contributed by atoms with van der Waals surface area (Å²) in [4.78, 5) is 26.5. The van der Waals surface area contributed by atoms with E-state index in [-0.39, 0.29) is 23.1 Å². The molecule has 0 bridgehead atoms. The van der Waals surface area contributed by atoms with E-state index in [2.05, 4.69) is 5.32 Å². The van der Waals surface area contributed by atoms with E-state index >= 15 is 0 Å². The Balaban J connectivity index is 1.88. The first-order valence-corrected chi connectivity index (χ1v) is 7.33. The summed E-state index contributed by atoms with van der Waals surface area (Å²) in [6.45, 7) is 4.30. The Hall–Kier alpha value is -2.04. The smallest absolute Gasteiger partial charge is 0.255 e. The van der Waals surface area contributed by atoms with E-state index in [4.69, 9.17) is 0 Å². The number of hydrogen-bond donors (Lipinski definition) is 2. The number of hydrogen-bond acceptors (Lipinski definition) is 3. The highest BCUT2D eigenvalue weighted by molar-refractivity contribution is 6.01. The van der Waals surface area contributed by atoms with Gasteiger partial charge in [-0.05, 0) is 45.2 Å². The molecule has 21 heavy (non-hydrogen) atoms. The highest BCUT2D eigenvalue weighted by Crippen LogP contribution is 2.33. The Kier molecular flexibility index (Phi) is 3.15. The van der Waals surface area contributed by atoms with Gasteiger partial charge < -0.3 is 15.3 Å². The number of benzene rings is 1. The molecular formula is C16H20N2O3. The number of nitrogens with one attached hydrogen (secondary N) is 1. The van der Waals surface area contributed by atoms with Crippen molar-refractivity contribution in [3.63, 3.8) is 0 Å². The maximum absolute atomic E-state index is 12.5. The van der Waals surface area contributed by atoms with Gasteiger partial charge in [0.25, 0.3) is 5.91 Å². The van der Waals surface area contributed by atoms with Crippen molar-refractivity contribution >= 4 is 11.8 Å². The molecule has 1 fully saturated rings. The van der Waals surface area contributed by atoms with Gasteiger partial charge in [-0.2, -0.15) is 0 Å². The minimum Gasteiger partial charge on any atom is -0.508 e. The Morgan fingerprint density at radius 3 is 2.81 bits per heavy atom. The fourth-order valence-electron chi connectivity index (χ4n) is 3.23. The molecule has 2 aliphatic heterocycles. The zero-order chi connectivity index (χ0) is 15.2. The summed E-state index contributed by atoms with van der Waals surface area (Å²) < 4.78 is 0. The number of carbonyl (C=O) groups excluding carboxylic acids is 2. The van der Waals surface area contributed by atoms with Crippen molar-refractivity contribution in [1.82, 2.24) is 10.2 Å². The molecule has 2 heterocycles. The van der Waals surface area contributed by atoms with Gasteiger partial charge in [0, 0.05) is 16.7 Å². The summed E-state index contributed by atoms with van der Waals surface area (Å²) in [7, 11) is 0.